The van der Waals surface area contributed by atoms with Gasteiger partial charge in [0.05, 0.1) is 5.02 Å². The Morgan fingerprint density at radius 1 is 1.40 bits per heavy atom. The fourth-order valence-corrected chi connectivity index (χ4v) is 3.18. The van der Waals surface area contributed by atoms with E-state index in [4.69, 9.17) is 17.3 Å². The number of hydrogen-bond donors (Lipinski definition) is 1. The summed E-state index contributed by atoms with van der Waals surface area (Å²) in [6.45, 7) is 4.28. The van der Waals surface area contributed by atoms with Crippen molar-refractivity contribution < 1.29 is 4.39 Å². The largest absolute Gasteiger partial charge is 0.329 e. The maximum Gasteiger partial charge on any atom is 0.141 e. The smallest absolute Gasteiger partial charge is 0.141 e. The second-order valence-corrected chi connectivity index (χ2v) is 6.01. The lowest BCUT2D eigenvalue weighted by molar-refractivity contribution is 0.205. The van der Waals surface area contributed by atoms with Crippen molar-refractivity contribution in [2.24, 2.45) is 5.73 Å². The van der Waals surface area contributed by atoms with Gasteiger partial charge in [0.1, 0.15) is 5.82 Å². The molecule has 0 spiro atoms. The molecule has 2 rings (SSSR count). The number of halogens is 2. The minimum Gasteiger partial charge on any atom is -0.329 e. The van der Waals surface area contributed by atoms with E-state index in [0.29, 0.717) is 6.54 Å². The molecule has 0 fully saturated rings. The zero-order valence-corrected chi connectivity index (χ0v) is 12.9. The van der Waals surface area contributed by atoms with Gasteiger partial charge in [-0.1, -0.05) is 30.7 Å². The van der Waals surface area contributed by atoms with Gasteiger partial charge in [0.15, 0.2) is 0 Å². The molecule has 1 aromatic heterocycles. The summed E-state index contributed by atoms with van der Waals surface area (Å²) in [5.41, 5.74) is 6.88. The van der Waals surface area contributed by atoms with Gasteiger partial charge in [0, 0.05) is 24.0 Å². The lowest BCUT2D eigenvalue weighted by Crippen LogP contribution is -2.33. The SMILES string of the molecule is CCN(Cc1cccs1)C(CN)c1ccc(F)c(Cl)c1. The third kappa shape index (κ3) is 3.58. The van der Waals surface area contributed by atoms with Crippen LogP contribution in [0.2, 0.25) is 5.02 Å². The summed E-state index contributed by atoms with van der Waals surface area (Å²) in [7, 11) is 0. The van der Waals surface area contributed by atoms with Gasteiger partial charge in [-0.05, 0) is 35.7 Å². The second kappa shape index (κ2) is 7.18. The summed E-state index contributed by atoms with van der Waals surface area (Å²) < 4.78 is 13.3. The molecule has 2 nitrogen and oxygen atoms in total. The number of nitrogens with two attached hydrogens (primary N) is 1. The Labute approximate surface area is 128 Å². The summed E-state index contributed by atoms with van der Waals surface area (Å²) in [4.78, 5) is 3.56. The predicted molar refractivity (Wildman–Crippen MR) is 83.6 cm³/mol. The highest BCUT2D eigenvalue weighted by molar-refractivity contribution is 7.09. The molecular weight excluding hydrogens is 295 g/mol. The van der Waals surface area contributed by atoms with Crippen LogP contribution in [0.3, 0.4) is 0 Å². The summed E-state index contributed by atoms with van der Waals surface area (Å²) in [5, 5.41) is 2.21. The van der Waals surface area contributed by atoms with Gasteiger partial charge < -0.3 is 5.73 Å². The number of nitrogens with zero attached hydrogens (tertiary/aromatic N) is 1. The van der Waals surface area contributed by atoms with Crippen molar-refractivity contribution in [1.82, 2.24) is 4.90 Å². The fraction of sp³-hybridized carbons (Fsp3) is 0.333. The average Bonchev–Trinajstić information content (AvgIpc) is 2.95. The van der Waals surface area contributed by atoms with E-state index in [1.54, 1.807) is 23.5 Å². The first-order valence-electron chi connectivity index (χ1n) is 6.57. The zero-order valence-electron chi connectivity index (χ0n) is 11.4. The Kier molecular flexibility index (Phi) is 5.54. The average molecular weight is 313 g/mol. The van der Waals surface area contributed by atoms with Gasteiger partial charge in [0.25, 0.3) is 0 Å². The molecule has 0 aliphatic heterocycles. The van der Waals surface area contributed by atoms with Gasteiger partial charge in [-0.3, -0.25) is 4.90 Å². The van der Waals surface area contributed by atoms with E-state index in [1.807, 2.05) is 6.07 Å². The van der Waals surface area contributed by atoms with Crippen LogP contribution in [0.1, 0.15) is 23.4 Å². The molecule has 0 aliphatic carbocycles. The minimum atomic E-state index is -0.396. The van der Waals surface area contributed by atoms with Crippen LogP contribution in [0.15, 0.2) is 35.7 Å². The molecule has 1 heterocycles. The van der Waals surface area contributed by atoms with Gasteiger partial charge >= 0.3 is 0 Å². The number of benzene rings is 1. The zero-order chi connectivity index (χ0) is 14.5. The lowest BCUT2D eigenvalue weighted by atomic mass is 10.0. The first-order chi connectivity index (χ1) is 9.65. The molecule has 0 saturated heterocycles. The highest BCUT2D eigenvalue weighted by Crippen LogP contribution is 2.26. The third-order valence-corrected chi connectivity index (χ3v) is 4.49. The predicted octanol–water partition coefficient (Wildman–Crippen LogP) is 4.06. The fourth-order valence-electron chi connectivity index (χ4n) is 2.26. The summed E-state index contributed by atoms with van der Waals surface area (Å²) in [5.74, 6) is -0.396. The highest BCUT2D eigenvalue weighted by Gasteiger charge is 2.19. The topological polar surface area (TPSA) is 29.3 Å². The van der Waals surface area contributed by atoms with Crippen LogP contribution in [0.4, 0.5) is 4.39 Å². The Morgan fingerprint density at radius 3 is 2.75 bits per heavy atom. The molecule has 1 unspecified atom stereocenters. The van der Waals surface area contributed by atoms with E-state index in [0.717, 1.165) is 18.7 Å². The molecule has 5 heteroatoms. The monoisotopic (exact) mass is 312 g/mol. The van der Waals surface area contributed by atoms with Crippen LogP contribution < -0.4 is 5.73 Å². The van der Waals surface area contributed by atoms with Crippen molar-refractivity contribution in [3.63, 3.8) is 0 Å². The molecular formula is C15H18ClFN2S. The number of rotatable bonds is 6. The first-order valence-corrected chi connectivity index (χ1v) is 7.83. The maximum absolute atomic E-state index is 13.3. The van der Waals surface area contributed by atoms with Crippen molar-refractivity contribution in [3.8, 4) is 0 Å². The summed E-state index contributed by atoms with van der Waals surface area (Å²) in [6, 6.07) is 9.03. The molecule has 0 radical (unpaired) electrons. The van der Waals surface area contributed by atoms with Crippen molar-refractivity contribution in [1.29, 1.82) is 0 Å². The van der Waals surface area contributed by atoms with Crippen molar-refractivity contribution in [3.05, 3.63) is 57.0 Å². The van der Waals surface area contributed by atoms with Crippen LogP contribution in [-0.4, -0.2) is 18.0 Å². The Morgan fingerprint density at radius 2 is 2.20 bits per heavy atom. The van der Waals surface area contributed by atoms with E-state index in [9.17, 15) is 4.39 Å². The summed E-state index contributed by atoms with van der Waals surface area (Å²) in [6.07, 6.45) is 0. The van der Waals surface area contributed by atoms with Gasteiger partial charge in [0.2, 0.25) is 0 Å². The molecule has 1 aromatic carbocycles. The molecule has 1 atom stereocenters. The van der Waals surface area contributed by atoms with Crippen molar-refractivity contribution in [2.75, 3.05) is 13.1 Å². The first kappa shape index (κ1) is 15.4. The van der Waals surface area contributed by atoms with Crippen LogP contribution in [0.5, 0.6) is 0 Å². The maximum atomic E-state index is 13.3. The van der Waals surface area contributed by atoms with E-state index in [2.05, 4.69) is 23.3 Å². The third-order valence-electron chi connectivity index (χ3n) is 3.34. The van der Waals surface area contributed by atoms with Crippen molar-refractivity contribution in [2.45, 2.75) is 19.5 Å². The summed E-state index contributed by atoms with van der Waals surface area (Å²) >= 11 is 7.60. The molecule has 0 saturated carbocycles. The molecule has 108 valence electrons. The van der Waals surface area contributed by atoms with Gasteiger partial charge in [-0.15, -0.1) is 11.3 Å². The molecule has 2 N–H and O–H groups in total. The van der Waals surface area contributed by atoms with E-state index < -0.39 is 5.82 Å². The van der Waals surface area contributed by atoms with Crippen molar-refractivity contribution >= 4 is 22.9 Å². The standard InChI is InChI=1S/C15H18ClFN2S/c1-2-19(10-12-4-3-7-20-12)15(9-18)11-5-6-14(17)13(16)8-11/h3-8,15H,2,9-10,18H2,1H3. The normalized spacial score (nSPS) is 12.8. The molecule has 2 aromatic rings. The lowest BCUT2D eigenvalue weighted by Gasteiger charge is -2.30. The highest BCUT2D eigenvalue weighted by atomic mass is 35.5. The van der Waals surface area contributed by atoms with E-state index in [-0.39, 0.29) is 11.1 Å². The van der Waals surface area contributed by atoms with Gasteiger partial charge in [-0.2, -0.15) is 0 Å². The molecule has 20 heavy (non-hydrogen) atoms. The Bertz CT molecular complexity index is 545. The van der Waals surface area contributed by atoms with Crippen LogP contribution in [0, 0.1) is 5.82 Å². The second-order valence-electron chi connectivity index (χ2n) is 4.57. The number of likely N-dealkylation sites (N-methyl/N-ethyl adjacent to an activating group) is 1. The number of thiophene rings is 1. The van der Waals surface area contributed by atoms with Crippen LogP contribution in [0.25, 0.3) is 0 Å². The molecule has 0 amide bonds. The van der Waals surface area contributed by atoms with Crippen LogP contribution in [-0.2, 0) is 6.54 Å². The minimum absolute atomic E-state index is 0.0419. The number of hydrogen-bond acceptors (Lipinski definition) is 3. The van der Waals surface area contributed by atoms with Crippen LogP contribution >= 0.6 is 22.9 Å². The quantitative estimate of drug-likeness (QED) is 0.871. The molecule has 0 aliphatic rings. The molecule has 0 bridgehead atoms. The van der Waals surface area contributed by atoms with Gasteiger partial charge in [-0.25, -0.2) is 4.39 Å². The Hall–Kier alpha value is -0.940. The Balaban J connectivity index is 2.21. The van der Waals surface area contributed by atoms with E-state index >= 15 is 0 Å². The van der Waals surface area contributed by atoms with E-state index in [1.165, 1.54) is 10.9 Å².